The van der Waals surface area contributed by atoms with Crippen LogP contribution in [0.4, 0.5) is 4.79 Å². The maximum atomic E-state index is 12.8. The van der Waals surface area contributed by atoms with Gasteiger partial charge in [0.15, 0.2) is 0 Å². The molecule has 1 aromatic rings. The van der Waals surface area contributed by atoms with Gasteiger partial charge in [-0.2, -0.15) is 11.8 Å². The average Bonchev–Trinajstić information content (AvgIpc) is 2.57. The van der Waals surface area contributed by atoms with Gasteiger partial charge in [-0.15, -0.1) is 0 Å². The van der Waals surface area contributed by atoms with Crippen molar-refractivity contribution in [3.63, 3.8) is 0 Å². The molecule has 0 bridgehead atoms. The molecule has 0 aromatic heterocycles. The molecule has 27 heavy (non-hydrogen) atoms. The molecule has 1 aliphatic heterocycles. The molecule has 2 N–H and O–H groups in total. The fourth-order valence-corrected chi connectivity index (χ4v) is 3.39. The fraction of sp³-hybridized carbons (Fsp3) is 0.579. The van der Waals surface area contributed by atoms with Crippen LogP contribution in [0.5, 0.6) is 5.75 Å². The zero-order valence-corrected chi connectivity index (χ0v) is 17.7. The highest BCUT2D eigenvalue weighted by Crippen LogP contribution is 2.34. The van der Waals surface area contributed by atoms with Gasteiger partial charge in [0.1, 0.15) is 17.4 Å². The van der Waals surface area contributed by atoms with E-state index in [0.29, 0.717) is 24.5 Å². The van der Waals surface area contributed by atoms with Gasteiger partial charge >= 0.3 is 6.09 Å². The fourth-order valence-electron chi connectivity index (χ4n) is 2.74. The summed E-state index contributed by atoms with van der Waals surface area (Å²) in [5.74, 6) is 1.22. The topological polar surface area (TPSA) is 76.7 Å². The van der Waals surface area contributed by atoms with Crippen molar-refractivity contribution in [2.24, 2.45) is 0 Å². The van der Waals surface area contributed by atoms with Crippen LogP contribution in [0, 0.1) is 0 Å². The van der Waals surface area contributed by atoms with E-state index in [0.717, 1.165) is 17.1 Å². The van der Waals surface area contributed by atoms with Crippen molar-refractivity contribution in [2.45, 2.75) is 51.3 Å². The molecule has 8 heteroatoms. The smallest absolute Gasteiger partial charge is 0.408 e. The number of hydrogen-bond acceptors (Lipinski definition) is 5. The Bertz CT molecular complexity index is 678. The summed E-state index contributed by atoms with van der Waals surface area (Å²) in [5, 5.41) is 6.30. The van der Waals surface area contributed by atoms with Gasteiger partial charge in [-0.05, 0) is 57.4 Å². The highest BCUT2D eigenvalue weighted by atomic mass is 35.5. The van der Waals surface area contributed by atoms with Crippen LogP contribution in [0.1, 0.15) is 45.2 Å². The maximum Gasteiger partial charge on any atom is 0.408 e. The van der Waals surface area contributed by atoms with Crippen LogP contribution in [-0.2, 0) is 9.53 Å². The molecule has 1 heterocycles. The minimum absolute atomic E-state index is 0.211. The quantitative estimate of drug-likeness (QED) is 0.737. The molecule has 2 atom stereocenters. The number of thioether (sulfide) groups is 1. The zero-order chi connectivity index (χ0) is 20.0. The monoisotopic (exact) mass is 414 g/mol. The van der Waals surface area contributed by atoms with Gasteiger partial charge in [-0.25, -0.2) is 4.79 Å². The van der Waals surface area contributed by atoms with Gasteiger partial charge < -0.3 is 20.1 Å². The molecule has 2 rings (SSSR count). The summed E-state index contributed by atoms with van der Waals surface area (Å²) in [6.45, 7) is 5.86. The molecule has 150 valence electrons. The summed E-state index contributed by atoms with van der Waals surface area (Å²) in [6.07, 6.45) is 2.51. The summed E-state index contributed by atoms with van der Waals surface area (Å²) in [7, 11) is 0. The van der Waals surface area contributed by atoms with Crippen LogP contribution in [-0.4, -0.2) is 42.3 Å². The Morgan fingerprint density at radius 2 is 2.15 bits per heavy atom. The van der Waals surface area contributed by atoms with E-state index in [1.54, 1.807) is 50.7 Å². The first kappa shape index (κ1) is 21.7. The maximum absolute atomic E-state index is 12.8. The Morgan fingerprint density at radius 1 is 1.41 bits per heavy atom. The van der Waals surface area contributed by atoms with E-state index in [4.69, 9.17) is 21.1 Å². The molecule has 0 radical (unpaired) electrons. The lowest BCUT2D eigenvalue weighted by Gasteiger charge is -2.29. The second-order valence-corrected chi connectivity index (χ2v) is 8.78. The van der Waals surface area contributed by atoms with E-state index in [9.17, 15) is 9.59 Å². The van der Waals surface area contributed by atoms with Crippen molar-refractivity contribution in [3.05, 3.63) is 28.8 Å². The van der Waals surface area contributed by atoms with Crippen LogP contribution >= 0.6 is 23.4 Å². The predicted molar refractivity (Wildman–Crippen MR) is 109 cm³/mol. The molecule has 1 aliphatic rings. The standard InChI is InChI=1S/C19H27ClN2O4S/c1-19(2,3)26-18(24)22-15(8-10-27-4)17(23)21-14-7-9-25-16-6-5-12(20)11-13(14)16/h5-6,11,14-15H,7-10H2,1-4H3,(H,21,23)(H,22,24). The summed E-state index contributed by atoms with van der Waals surface area (Å²) in [4.78, 5) is 25.0. The van der Waals surface area contributed by atoms with Crippen molar-refractivity contribution in [3.8, 4) is 5.75 Å². The molecule has 0 saturated carbocycles. The van der Waals surface area contributed by atoms with Crippen molar-refractivity contribution in [1.29, 1.82) is 0 Å². The number of amides is 2. The van der Waals surface area contributed by atoms with E-state index in [2.05, 4.69) is 10.6 Å². The van der Waals surface area contributed by atoms with Gasteiger partial charge in [0.2, 0.25) is 5.91 Å². The van der Waals surface area contributed by atoms with Crippen LogP contribution in [0.25, 0.3) is 0 Å². The summed E-state index contributed by atoms with van der Waals surface area (Å²) >= 11 is 7.71. The molecular formula is C19H27ClN2O4S. The summed E-state index contributed by atoms with van der Waals surface area (Å²) < 4.78 is 10.9. The highest BCUT2D eigenvalue weighted by molar-refractivity contribution is 7.98. The first-order chi connectivity index (χ1) is 12.7. The first-order valence-corrected chi connectivity index (χ1v) is 10.7. The van der Waals surface area contributed by atoms with Crippen LogP contribution in [0.3, 0.4) is 0 Å². The van der Waals surface area contributed by atoms with Gasteiger partial charge in [0.05, 0.1) is 12.6 Å². The van der Waals surface area contributed by atoms with E-state index in [-0.39, 0.29) is 11.9 Å². The number of carbonyl (C=O) groups excluding carboxylic acids is 2. The van der Waals surface area contributed by atoms with Gasteiger partial charge in [0, 0.05) is 17.0 Å². The molecule has 2 amide bonds. The Labute approximate surface area is 169 Å². The van der Waals surface area contributed by atoms with E-state index in [1.165, 1.54) is 0 Å². The van der Waals surface area contributed by atoms with Crippen molar-refractivity contribution in [2.75, 3.05) is 18.6 Å². The summed E-state index contributed by atoms with van der Waals surface area (Å²) in [6, 6.07) is 4.49. The molecule has 0 fully saturated rings. The molecule has 0 saturated heterocycles. The molecule has 1 aromatic carbocycles. The van der Waals surface area contributed by atoms with E-state index < -0.39 is 17.7 Å². The highest BCUT2D eigenvalue weighted by Gasteiger charge is 2.28. The third kappa shape index (κ3) is 6.81. The predicted octanol–water partition coefficient (Wildman–Crippen LogP) is 3.93. The number of nitrogens with one attached hydrogen (secondary N) is 2. The lowest BCUT2D eigenvalue weighted by molar-refractivity contribution is -0.124. The van der Waals surface area contributed by atoms with E-state index in [1.807, 2.05) is 6.26 Å². The third-order valence-corrected chi connectivity index (χ3v) is 4.82. The Morgan fingerprint density at radius 3 is 2.81 bits per heavy atom. The number of benzene rings is 1. The number of carbonyl (C=O) groups is 2. The average molecular weight is 415 g/mol. The number of ether oxygens (including phenoxy) is 2. The molecule has 6 nitrogen and oxygen atoms in total. The van der Waals surface area contributed by atoms with Crippen LogP contribution < -0.4 is 15.4 Å². The third-order valence-electron chi connectivity index (χ3n) is 3.95. The molecule has 2 unspecified atom stereocenters. The van der Waals surface area contributed by atoms with E-state index >= 15 is 0 Å². The Kier molecular flexibility index (Phi) is 7.68. The number of halogens is 1. The lowest BCUT2D eigenvalue weighted by Crippen LogP contribution is -2.49. The lowest BCUT2D eigenvalue weighted by atomic mass is 10.00. The minimum Gasteiger partial charge on any atom is -0.493 e. The second kappa shape index (κ2) is 9.55. The van der Waals surface area contributed by atoms with Crippen molar-refractivity contribution >= 4 is 35.4 Å². The first-order valence-electron chi connectivity index (χ1n) is 8.90. The SMILES string of the molecule is CSCCC(NC(=O)OC(C)(C)C)C(=O)NC1CCOc2ccc(Cl)cc21. The second-order valence-electron chi connectivity index (χ2n) is 7.36. The Hall–Kier alpha value is -1.60. The summed E-state index contributed by atoms with van der Waals surface area (Å²) in [5.41, 5.74) is 0.226. The molecule has 0 aliphatic carbocycles. The number of alkyl carbamates (subject to hydrolysis) is 1. The minimum atomic E-state index is -0.669. The Balaban J connectivity index is 2.08. The zero-order valence-electron chi connectivity index (χ0n) is 16.1. The largest absolute Gasteiger partial charge is 0.493 e. The molecule has 0 spiro atoms. The van der Waals surface area contributed by atoms with Crippen molar-refractivity contribution < 1.29 is 19.1 Å². The number of hydrogen-bond donors (Lipinski definition) is 2. The number of fused-ring (bicyclic) bond motifs is 1. The van der Waals surface area contributed by atoms with Gasteiger partial charge in [0.25, 0.3) is 0 Å². The molecular weight excluding hydrogens is 388 g/mol. The number of rotatable bonds is 6. The van der Waals surface area contributed by atoms with Gasteiger partial charge in [-0.3, -0.25) is 4.79 Å². The van der Waals surface area contributed by atoms with Crippen molar-refractivity contribution in [1.82, 2.24) is 10.6 Å². The van der Waals surface area contributed by atoms with Crippen LogP contribution in [0.15, 0.2) is 18.2 Å². The van der Waals surface area contributed by atoms with Gasteiger partial charge in [-0.1, -0.05) is 11.6 Å². The normalized spacial score (nSPS) is 17.3. The van der Waals surface area contributed by atoms with Crippen LogP contribution in [0.2, 0.25) is 5.02 Å².